The number of aromatic nitrogens is 3. The first-order chi connectivity index (χ1) is 19.9. The van der Waals surface area contributed by atoms with Crippen molar-refractivity contribution in [1.82, 2.24) is 14.8 Å². The first-order valence-corrected chi connectivity index (χ1v) is 12.4. The van der Waals surface area contributed by atoms with Gasteiger partial charge in [0.25, 0.3) is 11.5 Å². The minimum Gasteiger partial charge on any atom is -0.368 e. The number of carbonyl (C=O) groups excluding carboxylic acids is 1. The van der Waals surface area contributed by atoms with Crippen molar-refractivity contribution in [2.24, 2.45) is 5.73 Å². The van der Waals surface area contributed by atoms with E-state index in [4.69, 9.17) is 5.73 Å². The summed E-state index contributed by atoms with van der Waals surface area (Å²) in [6, 6.07) is 12.8. The molecule has 14 heteroatoms. The minimum atomic E-state index is -4.69. The second-order valence-electron chi connectivity index (χ2n) is 9.58. The molecule has 1 amide bonds. The molecule has 0 radical (unpaired) electrons. The molecule has 1 fully saturated rings. The molecule has 0 aliphatic carbocycles. The molecule has 3 heterocycles. The maximum Gasteiger partial charge on any atom is 0.408 e. The Kier molecular flexibility index (Phi) is 7.21. The molecule has 0 unspecified atom stereocenters. The van der Waals surface area contributed by atoms with E-state index >= 15 is 0 Å². The number of nitriles is 1. The van der Waals surface area contributed by atoms with Crippen LogP contribution in [0.5, 0.6) is 0 Å². The number of nitrogens with one attached hydrogen (secondary N) is 1. The summed E-state index contributed by atoms with van der Waals surface area (Å²) in [6.07, 6.45) is -2.26. The van der Waals surface area contributed by atoms with Gasteiger partial charge in [0.05, 0.1) is 23.0 Å². The predicted octanol–water partition coefficient (Wildman–Crippen LogP) is 4.17. The van der Waals surface area contributed by atoms with Crippen molar-refractivity contribution in [3.63, 3.8) is 0 Å². The van der Waals surface area contributed by atoms with Gasteiger partial charge in [0, 0.05) is 37.1 Å². The van der Waals surface area contributed by atoms with Crippen molar-refractivity contribution in [1.29, 1.82) is 5.26 Å². The van der Waals surface area contributed by atoms with E-state index in [1.54, 1.807) is 0 Å². The van der Waals surface area contributed by atoms with Crippen LogP contribution in [0.2, 0.25) is 0 Å². The average molecular weight is 582 g/mol. The minimum absolute atomic E-state index is 0.0641. The molecule has 1 atom stereocenters. The lowest BCUT2D eigenvalue weighted by atomic mass is 9.99. The van der Waals surface area contributed by atoms with Crippen molar-refractivity contribution in [2.75, 3.05) is 23.3 Å². The Labute approximate surface area is 234 Å². The normalized spacial score (nSPS) is 16.7. The van der Waals surface area contributed by atoms with Gasteiger partial charge in [-0.2, -0.15) is 28.2 Å². The summed E-state index contributed by atoms with van der Waals surface area (Å²) in [4.78, 5) is 31.0. The van der Waals surface area contributed by atoms with E-state index in [2.05, 4.69) is 15.4 Å². The molecule has 2 aromatic heterocycles. The van der Waals surface area contributed by atoms with Crippen molar-refractivity contribution >= 4 is 17.3 Å². The topological polar surface area (TPSA) is 130 Å². The van der Waals surface area contributed by atoms with Crippen molar-refractivity contribution in [3.05, 3.63) is 100 Å². The van der Waals surface area contributed by atoms with Crippen LogP contribution in [0.4, 0.5) is 33.3 Å². The van der Waals surface area contributed by atoms with E-state index in [9.17, 15) is 36.8 Å². The number of anilines is 2. The Hall–Kier alpha value is -5.16. The van der Waals surface area contributed by atoms with E-state index in [-0.39, 0.29) is 23.5 Å². The van der Waals surface area contributed by atoms with Gasteiger partial charge in [-0.25, -0.2) is 8.78 Å². The molecular weight excluding hydrogens is 561 g/mol. The third-order valence-electron chi connectivity index (χ3n) is 6.89. The van der Waals surface area contributed by atoms with Gasteiger partial charge in [-0.1, -0.05) is 12.1 Å². The molecular formula is C28H20F5N7O2. The number of halogens is 5. The van der Waals surface area contributed by atoms with Crippen LogP contribution in [0.15, 0.2) is 71.8 Å². The van der Waals surface area contributed by atoms with Gasteiger partial charge in [-0.15, -0.1) is 0 Å². The van der Waals surface area contributed by atoms with E-state index < -0.39 is 59.2 Å². The number of alkyl halides is 3. The number of hydrogen-bond acceptors (Lipinski definition) is 7. The van der Waals surface area contributed by atoms with Crippen LogP contribution in [0.3, 0.4) is 0 Å². The molecule has 1 aliphatic rings. The number of carbonyl (C=O) groups is 1. The highest BCUT2D eigenvalue weighted by Gasteiger charge is 2.55. The second-order valence-corrected chi connectivity index (χ2v) is 9.58. The number of hydrogen-bond donors (Lipinski definition) is 2. The van der Waals surface area contributed by atoms with Gasteiger partial charge in [-0.05, 0) is 48.4 Å². The molecule has 0 bridgehead atoms. The number of amides is 1. The summed E-state index contributed by atoms with van der Waals surface area (Å²) in [7, 11) is 0. The second kappa shape index (κ2) is 10.7. The van der Waals surface area contributed by atoms with E-state index in [1.165, 1.54) is 41.6 Å². The molecule has 1 aliphatic heterocycles. The highest BCUT2D eigenvalue weighted by molar-refractivity contribution is 6.05. The molecule has 9 nitrogen and oxygen atoms in total. The monoisotopic (exact) mass is 581 g/mol. The van der Waals surface area contributed by atoms with E-state index in [0.29, 0.717) is 15.8 Å². The summed E-state index contributed by atoms with van der Waals surface area (Å²) < 4.78 is 70.2. The highest BCUT2D eigenvalue weighted by atomic mass is 19.4. The van der Waals surface area contributed by atoms with Crippen molar-refractivity contribution in [2.45, 2.75) is 18.1 Å². The predicted molar refractivity (Wildman–Crippen MR) is 142 cm³/mol. The van der Waals surface area contributed by atoms with Crippen LogP contribution in [0.25, 0.3) is 16.8 Å². The zero-order valence-electron chi connectivity index (χ0n) is 21.5. The molecule has 5 rings (SSSR count). The van der Waals surface area contributed by atoms with Crippen LogP contribution in [0.1, 0.15) is 22.5 Å². The van der Waals surface area contributed by atoms with E-state index in [1.807, 2.05) is 6.07 Å². The first-order valence-electron chi connectivity index (χ1n) is 12.4. The van der Waals surface area contributed by atoms with Crippen LogP contribution in [-0.4, -0.2) is 45.5 Å². The standard InChI is InChI=1S/C28H20F5N7O2/c29-19-2-1-3-20(30)25(19)40-24(41)7-6-22(38-40)26(42)37-21-5-4-16(18-14-36-10-8-17(18)13-34)12-23(21)39-11-9-27(35,15-39)28(31,32)33/h1-8,10,12,14H,9,11,15,35H2,(H,37,42)/t27-/m1/s1. The Morgan fingerprint density at radius 1 is 1.10 bits per heavy atom. The summed E-state index contributed by atoms with van der Waals surface area (Å²) in [6.45, 7) is -0.715. The lowest BCUT2D eigenvalue weighted by Crippen LogP contribution is -2.55. The van der Waals surface area contributed by atoms with Crippen LogP contribution < -0.4 is 21.5 Å². The lowest BCUT2D eigenvalue weighted by Gasteiger charge is -2.29. The molecule has 42 heavy (non-hydrogen) atoms. The molecule has 0 spiro atoms. The zero-order chi connectivity index (χ0) is 30.2. The van der Waals surface area contributed by atoms with Crippen molar-refractivity contribution in [3.8, 4) is 22.9 Å². The molecule has 2 aromatic carbocycles. The van der Waals surface area contributed by atoms with Gasteiger partial charge in [0.15, 0.2) is 11.6 Å². The fraction of sp³-hybridized carbons (Fsp3) is 0.179. The van der Waals surface area contributed by atoms with Gasteiger partial charge in [0.2, 0.25) is 0 Å². The smallest absolute Gasteiger partial charge is 0.368 e. The SMILES string of the molecule is N#Cc1ccncc1-c1ccc(NC(=O)c2ccc(=O)n(-c3c(F)cccc3F)n2)c(N2CC[C@](N)(C(F)(F)F)C2)c1. The third-order valence-corrected chi connectivity index (χ3v) is 6.89. The van der Waals surface area contributed by atoms with Crippen molar-refractivity contribution < 1.29 is 26.7 Å². The van der Waals surface area contributed by atoms with Crippen LogP contribution in [0, 0.1) is 23.0 Å². The molecule has 0 saturated carbocycles. The molecule has 3 N–H and O–H groups in total. The quantitative estimate of drug-likeness (QED) is 0.339. The summed E-state index contributed by atoms with van der Waals surface area (Å²) >= 11 is 0. The Bertz CT molecular complexity index is 1780. The number of nitrogens with zero attached hydrogens (tertiary/aromatic N) is 5. The summed E-state index contributed by atoms with van der Waals surface area (Å²) in [5.74, 6) is -3.09. The van der Waals surface area contributed by atoms with Gasteiger partial charge < -0.3 is 16.0 Å². The Morgan fingerprint density at radius 3 is 2.50 bits per heavy atom. The van der Waals surface area contributed by atoms with E-state index in [0.717, 1.165) is 30.3 Å². The number of pyridine rings is 1. The third kappa shape index (κ3) is 5.17. The molecule has 1 saturated heterocycles. The van der Waals surface area contributed by atoms with Crippen LogP contribution in [-0.2, 0) is 0 Å². The number of nitrogens with two attached hydrogens (primary N) is 1. The Balaban J connectivity index is 1.55. The number of benzene rings is 2. The van der Waals surface area contributed by atoms with Gasteiger partial charge >= 0.3 is 6.18 Å². The summed E-state index contributed by atoms with van der Waals surface area (Å²) in [5, 5.41) is 15.9. The lowest BCUT2D eigenvalue weighted by molar-refractivity contribution is -0.179. The summed E-state index contributed by atoms with van der Waals surface area (Å²) in [5.41, 5.74) is 2.45. The van der Waals surface area contributed by atoms with Gasteiger partial charge in [-0.3, -0.25) is 14.6 Å². The van der Waals surface area contributed by atoms with Crippen LogP contribution >= 0.6 is 0 Å². The average Bonchev–Trinajstić information content (AvgIpc) is 3.37. The Morgan fingerprint density at radius 2 is 1.83 bits per heavy atom. The maximum atomic E-state index is 14.3. The largest absolute Gasteiger partial charge is 0.408 e. The first kappa shape index (κ1) is 28.4. The van der Waals surface area contributed by atoms with Gasteiger partial charge in [0.1, 0.15) is 16.9 Å². The number of rotatable bonds is 5. The fourth-order valence-corrected chi connectivity index (χ4v) is 4.63. The highest BCUT2D eigenvalue weighted by Crippen LogP contribution is 2.41. The zero-order valence-corrected chi connectivity index (χ0v) is 21.5. The maximum absolute atomic E-state index is 14.3. The molecule has 4 aromatic rings. The fourth-order valence-electron chi connectivity index (χ4n) is 4.63. The number of para-hydroxylation sites is 1. The molecule has 214 valence electrons.